The minimum atomic E-state index is -0.877. The van der Waals surface area contributed by atoms with E-state index in [9.17, 15) is 14.9 Å². The van der Waals surface area contributed by atoms with E-state index in [1.54, 1.807) is 10.6 Å². The number of ketones is 1. The van der Waals surface area contributed by atoms with E-state index < -0.39 is 5.92 Å². The fraction of sp³-hybridized carbons (Fsp3) is 0.312. The van der Waals surface area contributed by atoms with Crippen LogP contribution >= 0.6 is 34.4 Å². The van der Waals surface area contributed by atoms with Gasteiger partial charge >= 0.3 is 0 Å². The number of hydrogen-bond acceptors (Lipinski definition) is 8. The van der Waals surface area contributed by atoms with Gasteiger partial charge in [0.25, 0.3) is 5.56 Å². The maximum atomic E-state index is 12.5. The number of carbonyl (C=O) groups is 1. The van der Waals surface area contributed by atoms with Crippen molar-refractivity contribution in [3.8, 4) is 6.07 Å². The van der Waals surface area contributed by atoms with Gasteiger partial charge in [-0.2, -0.15) is 5.26 Å². The molecule has 128 valence electrons. The molecule has 0 aliphatic carbocycles. The van der Waals surface area contributed by atoms with Crippen LogP contribution in [0.4, 0.5) is 0 Å². The highest BCUT2D eigenvalue weighted by molar-refractivity contribution is 7.99. The molecule has 25 heavy (non-hydrogen) atoms. The molecule has 3 heterocycles. The van der Waals surface area contributed by atoms with Crippen LogP contribution in [-0.2, 0) is 11.3 Å². The van der Waals surface area contributed by atoms with E-state index in [-0.39, 0.29) is 17.1 Å². The number of nitriles is 1. The first-order chi connectivity index (χ1) is 12.0. The summed E-state index contributed by atoms with van der Waals surface area (Å²) in [4.78, 5) is 33.7. The minimum absolute atomic E-state index is 0.0684. The van der Waals surface area contributed by atoms with Crippen LogP contribution < -0.4 is 5.56 Å². The molecule has 0 amide bonds. The number of fused-ring (bicyclic) bond motifs is 1. The van der Waals surface area contributed by atoms with Gasteiger partial charge in [0.15, 0.2) is 16.9 Å². The summed E-state index contributed by atoms with van der Waals surface area (Å²) in [6.07, 6.45) is 0. The summed E-state index contributed by atoms with van der Waals surface area (Å²) in [5, 5.41) is 14.0. The molecule has 1 atom stereocenters. The van der Waals surface area contributed by atoms with Gasteiger partial charge in [0.1, 0.15) is 9.71 Å². The zero-order valence-corrected chi connectivity index (χ0v) is 16.0. The molecule has 0 aromatic carbocycles. The molecule has 0 saturated heterocycles. The maximum Gasteiger partial charge on any atom is 0.272 e. The Morgan fingerprint density at radius 3 is 2.88 bits per heavy atom. The molecule has 3 rings (SSSR count). The van der Waals surface area contributed by atoms with Gasteiger partial charge in [-0.3, -0.25) is 14.2 Å². The minimum Gasteiger partial charge on any atom is -0.297 e. The van der Waals surface area contributed by atoms with Crippen molar-refractivity contribution in [3.63, 3.8) is 0 Å². The molecule has 9 heteroatoms. The highest BCUT2D eigenvalue weighted by atomic mass is 32.2. The van der Waals surface area contributed by atoms with Crippen LogP contribution in [-0.4, -0.2) is 26.1 Å². The number of thiazole rings is 1. The van der Waals surface area contributed by atoms with Crippen LogP contribution in [0.15, 0.2) is 26.8 Å². The predicted molar refractivity (Wildman–Crippen MR) is 100 cm³/mol. The van der Waals surface area contributed by atoms with E-state index in [1.165, 1.54) is 34.4 Å². The summed E-state index contributed by atoms with van der Waals surface area (Å²) in [5.74, 6) is -1.04. The van der Waals surface area contributed by atoms with Crippen LogP contribution in [0.5, 0.6) is 0 Å². The fourth-order valence-corrected chi connectivity index (χ4v) is 4.91. The number of hydrogen-bond donors (Lipinski definition) is 0. The number of aryl methyl sites for hydroxylation is 1. The highest BCUT2D eigenvalue weighted by Crippen LogP contribution is 2.25. The van der Waals surface area contributed by atoms with Crippen molar-refractivity contribution in [3.05, 3.63) is 37.9 Å². The average molecular weight is 391 g/mol. The van der Waals surface area contributed by atoms with Crippen molar-refractivity contribution < 1.29 is 4.79 Å². The Balaban J connectivity index is 1.83. The molecule has 6 nitrogen and oxygen atoms in total. The predicted octanol–water partition coefficient (Wildman–Crippen LogP) is 3.21. The van der Waals surface area contributed by atoms with Crippen molar-refractivity contribution in [1.82, 2.24) is 14.5 Å². The Hall–Kier alpha value is -2.02. The lowest BCUT2D eigenvalue weighted by Gasteiger charge is -2.10. The van der Waals surface area contributed by atoms with Crippen molar-refractivity contribution in [2.75, 3.05) is 5.75 Å². The third-order valence-electron chi connectivity index (χ3n) is 3.53. The number of nitrogens with zero attached hydrogens (tertiary/aromatic N) is 4. The van der Waals surface area contributed by atoms with Gasteiger partial charge in [-0.15, -0.1) is 22.7 Å². The molecule has 0 saturated carbocycles. The first-order valence-electron chi connectivity index (χ1n) is 7.50. The van der Waals surface area contributed by atoms with Crippen LogP contribution in [0.2, 0.25) is 0 Å². The molecule has 0 bridgehead atoms. The van der Waals surface area contributed by atoms with Gasteiger partial charge < -0.3 is 0 Å². The molecular weight excluding hydrogens is 376 g/mol. The molecule has 0 unspecified atom stereocenters. The summed E-state index contributed by atoms with van der Waals surface area (Å²) >= 11 is 3.86. The highest BCUT2D eigenvalue weighted by Gasteiger charge is 2.24. The van der Waals surface area contributed by atoms with Crippen molar-refractivity contribution >= 4 is 50.4 Å². The lowest BCUT2D eigenvalue weighted by molar-refractivity contribution is -0.116. The number of carbonyl (C=O) groups excluding carboxylic acids is 1. The molecule has 3 aromatic heterocycles. The zero-order valence-electron chi connectivity index (χ0n) is 13.6. The Morgan fingerprint density at radius 1 is 1.44 bits per heavy atom. The first-order valence-corrected chi connectivity index (χ1v) is 10.2. The topological polar surface area (TPSA) is 88.6 Å². The number of aromatic nitrogens is 3. The number of thioether (sulfide) groups is 1. The lowest BCUT2D eigenvalue weighted by atomic mass is 10.1. The SMILES string of the molecule is CCn1c(SCC(=O)[C@@H](C#N)c2nc(C)cs2)nc2ccsc2c1=O. The smallest absolute Gasteiger partial charge is 0.272 e. The average Bonchev–Trinajstić information content (AvgIpc) is 3.23. The fourth-order valence-electron chi connectivity index (χ4n) is 2.30. The molecule has 0 aliphatic rings. The first kappa shape index (κ1) is 17.8. The summed E-state index contributed by atoms with van der Waals surface area (Å²) in [6.45, 7) is 4.17. The Morgan fingerprint density at radius 2 is 2.24 bits per heavy atom. The van der Waals surface area contributed by atoms with Gasteiger partial charge in [0.2, 0.25) is 0 Å². The van der Waals surface area contributed by atoms with E-state index in [2.05, 4.69) is 9.97 Å². The molecule has 0 N–H and O–H groups in total. The molecule has 3 aromatic rings. The zero-order chi connectivity index (χ0) is 18.0. The van der Waals surface area contributed by atoms with Gasteiger partial charge in [0, 0.05) is 17.6 Å². The second kappa shape index (κ2) is 7.47. The summed E-state index contributed by atoms with van der Waals surface area (Å²) in [5.41, 5.74) is 1.34. The second-order valence-corrected chi connectivity index (χ2v) is 7.97. The summed E-state index contributed by atoms with van der Waals surface area (Å²) in [6, 6.07) is 3.83. The van der Waals surface area contributed by atoms with Gasteiger partial charge in [-0.25, -0.2) is 9.97 Å². The summed E-state index contributed by atoms with van der Waals surface area (Å²) in [7, 11) is 0. The molecule has 0 spiro atoms. The third kappa shape index (κ3) is 3.51. The van der Waals surface area contributed by atoms with Gasteiger partial charge in [0.05, 0.1) is 17.3 Å². The van der Waals surface area contributed by atoms with E-state index in [0.717, 1.165) is 5.69 Å². The van der Waals surface area contributed by atoms with E-state index in [1.807, 2.05) is 30.7 Å². The number of thiophene rings is 1. The molecule has 0 fully saturated rings. The number of Topliss-reactive ketones (excluding diaryl/α,β-unsaturated/α-hetero) is 1. The van der Waals surface area contributed by atoms with Crippen molar-refractivity contribution in [2.24, 2.45) is 0 Å². The Bertz CT molecular complexity index is 1030. The maximum absolute atomic E-state index is 12.5. The van der Waals surface area contributed by atoms with Crippen molar-refractivity contribution in [2.45, 2.75) is 31.5 Å². The summed E-state index contributed by atoms with van der Waals surface area (Å²) < 4.78 is 2.18. The van der Waals surface area contributed by atoms with Gasteiger partial charge in [-0.1, -0.05) is 11.8 Å². The van der Waals surface area contributed by atoms with Crippen LogP contribution in [0, 0.1) is 18.3 Å². The van der Waals surface area contributed by atoms with Crippen LogP contribution in [0.25, 0.3) is 10.2 Å². The van der Waals surface area contributed by atoms with E-state index in [4.69, 9.17) is 0 Å². The third-order valence-corrected chi connectivity index (χ3v) is 6.44. The standard InChI is InChI=1S/C16H14N4O2S3/c1-3-20-15(22)13-11(4-5-23-13)19-16(20)25-8-12(21)10(6-17)14-18-9(2)7-24-14/h4-5,7,10H,3,8H2,1-2H3/t10-/m1/s1. The lowest BCUT2D eigenvalue weighted by Crippen LogP contribution is -2.22. The molecular formula is C16H14N4O2S3. The van der Waals surface area contributed by atoms with E-state index >= 15 is 0 Å². The molecule has 0 aliphatic heterocycles. The van der Waals surface area contributed by atoms with Crippen molar-refractivity contribution in [1.29, 1.82) is 5.26 Å². The van der Waals surface area contributed by atoms with E-state index in [0.29, 0.717) is 26.9 Å². The number of rotatable bonds is 6. The largest absolute Gasteiger partial charge is 0.297 e. The van der Waals surface area contributed by atoms with Gasteiger partial charge in [-0.05, 0) is 25.3 Å². The second-order valence-electron chi connectivity index (χ2n) is 5.22. The Kier molecular flexibility index (Phi) is 5.32. The normalized spacial score (nSPS) is 12.2. The monoisotopic (exact) mass is 390 g/mol. The van der Waals surface area contributed by atoms with Crippen LogP contribution in [0.3, 0.4) is 0 Å². The van der Waals surface area contributed by atoms with Crippen LogP contribution in [0.1, 0.15) is 23.5 Å². The quantitative estimate of drug-likeness (QED) is 0.474. The Labute approximate surface area is 156 Å². The molecule has 0 radical (unpaired) electrons.